The van der Waals surface area contributed by atoms with Gasteiger partial charge in [0.15, 0.2) is 30.7 Å². The van der Waals surface area contributed by atoms with Crippen LogP contribution in [0.1, 0.15) is 39.5 Å². The number of hydrogen-bond acceptors (Lipinski definition) is 10. The van der Waals surface area contributed by atoms with Gasteiger partial charge < -0.3 is 36.1 Å². The van der Waals surface area contributed by atoms with Crippen LogP contribution in [0.15, 0.2) is 24.3 Å². The summed E-state index contributed by atoms with van der Waals surface area (Å²) in [5, 5.41) is 10.2. The maximum Gasteiger partial charge on any atom is 0.333 e. The van der Waals surface area contributed by atoms with Crippen molar-refractivity contribution in [2.75, 3.05) is 33.0 Å². The summed E-state index contributed by atoms with van der Waals surface area (Å²) >= 11 is 0. The highest BCUT2D eigenvalue weighted by molar-refractivity contribution is 6.87. The van der Waals surface area contributed by atoms with Crippen molar-refractivity contribution in [1.82, 2.24) is 0 Å². The average molecular weight is 753 g/mol. The maximum absolute atomic E-state index is 12.3. The van der Waals surface area contributed by atoms with E-state index in [1.165, 1.54) is 0 Å². The highest BCUT2D eigenvalue weighted by Gasteiger charge is 2.41. The van der Waals surface area contributed by atoms with Crippen LogP contribution in [0, 0.1) is 0 Å². The molecule has 3 unspecified atom stereocenters. The van der Waals surface area contributed by atoms with Gasteiger partial charge in [-0.2, -0.15) is 0 Å². The Kier molecular flexibility index (Phi) is 20.7. The summed E-state index contributed by atoms with van der Waals surface area (Å²) < 4.78 is 44.0. The van der Waals surface area contributed by atoms with Gasteiger partial charge in [-0.1, -0.05) is 13.2 Å². The molecule has 0 aliphatic heterocycles. The summed E-state index contributed by atoms with van der Waals surface area (Å²) in [6, 6.07) is 1.49. The molecule has 0 aromatic carbocycles. The van der Waals surface area contributed by atoms with Crippen LogP contribution in [0.4, 0.5) is 0 Å². The zero-order valence-electron chi connectivity index (χ0n) is 32.0. The molecule has 0 aromatic heterocycles. The molecule has 0 bridgehead atoms. The molecule has 0 radical (unpaired) electrons. The van der Waals surface area contributed by atoms with Crippen molar-refractivity contribution in [3.8, 4) is 0 Å². The third-order valence-corrected chi connectivity index (χ3v) is 22.3. The van der Waals surface area contributed by atoms with E-state index < -0.39 is 60.3 Å². The molecule has 0 aliphatic rings. The van der Waals surface area contributed by atoms with Crippen LogP contribution >= 0.6 is 0 Å². The molecule has 1 N–H and O–H groups in total. The van der Waals surface area contributed by atoms with Crippen LogP contribution in [0.5, 0.6) is 0 Å². The number of carbonyl (C=O) groups is 2. The highest BCUT2D eigenvalue weighted by atomic mass is 28.5. The van der Waals surface area contributed by atoms with Gasteiger partial charge in [0, 0.05) is 25.2 Å². The normalized spacial score (nSPS) is 15.5. The van der Waals surface area contributed by atoms with Crippen molar-refractivity contribution in [2.24, 2.45) is 0 Å². The Balaban J connectivity index is 5.38. The number of allylic oxidation sites excluding steroid dienone is 1. The second kappa shape index (κ2) is 20.9. The Hall–Kier alpha value is -0.576. The van der Waals surface area contributed by atoms with E-state index in [9.17, 15) is 14.7 Å². The first kappa shape index (κ1) is 46.4. The lowest BCUT2D eigenvalue weighted by Gasteiger charge is -2.38. The van der Waals surface area contributed by atoms with Gasteiger partial charge in [-0.15, -0.1) is 0 Å². The molecule has 0 aromatic rings. The van der Waals surface area contributed by atoms with E-state index in [1.54, 1.807) is 13.8 Å². The summed E-state index contributed by atoms with van der Waals surface area (Å²) in [7, 11) is -10.7. The van der Waals surface area contributed by atoms with Gasteiger partial charge >= 0.3 is 23.1 Å². The number of aliphatic hydroxyl groups excluding tert-OH is 1. The number of rotatable bonds is 27. The van der Waals surface area contributed by atoms with Crippen molar-refractivity contribution in [1.29, 1.82) is 0 Å². The fourth-order valence-corrected chi connectivity index (χ4v) is 25.0. The van der Waals surface area contributed by atoms with Crippen molar-refractivity contribution in [2.45, 2.75) is 136 Å². The molecule has 0 saturated heterocycles. The van der Waals surface area contributed by atoms with Crippen LogP contribution in [0.3, 0.4) is 0 Å². The Morgan fingerprint density at radius 2 is 1.11 bits per heavy atom. The van der Waals surface area contributed by atoms with Crippen LogP contribution in [0.2, 0.25) is 84.1 Å². The van der Waals surface area contributed by atoms with E-state index >= 15 is 0 Å². The van der Waals surface area contributed by atoms with E-state index in [2.05, 4.69) is 78.6 Å². The highest BCUT2D eigenvalue weighted by Crippen LogP contribution is 2.26. The van der Waals surface area contributed by atoms with E-state index in [-0.39, 0.29) is 32.0 Å². The molecule has 276 valence electrons. The first-order valence-electron chi connectivity index (χ1n) is 16.9. The zero-order chi connectivity index (χ0) is 36.7. The third kappa shape index (κ3) is 25.1. The number of ketones is 1. The van der Waals surface area contributed by atoms with Gasteiger partial charge in [-0.3, -0.25) is 4.79 Å². The predicted molar refractivity (Wildman–Crippen MR) is 203 cm³/mol. The molecule has 3 atom stereocenters. The fraction of sp³-hybridized carbons (Fsp3) is 0.812. The minimum absolute atomic E-state index is 0.0267. The minimum atomic E-state index is -2.77. The Morgan fingerprint density at radius 3 is 1.55 bits per heavy atom. The lowest BCUT2D eigenvalue weighted by molar-refractivity contribution is -0.142. The van der Waals surface area contributed by atoms with E-state index in [0.717, 1.165) is 12.5 Å². The molecule has 0 fully saturated rings. The van der Waals surface area contributed by atoms with Crippen molar-refractivity contribution < 1.29 is 45.7 Å². The van der Waals surface area contributed by atoms with Gasteiger partial charge in [0.2, 0.25) is 0 Å². The molecular weight excluding hydrogens is 685 g/mol. The Labute approximate surface area is 291 Å². The largest absolute Gasteiger partial charge is 0.460 e. The summed E-state index contributed by atoms with van der Waals surface area (Å²) in [5.41, 5.74) is 0.812. The van der Waals surface area contributed by atoms with Gasteiger partial charge in [-0.05, 0) is 123 Å². The average Bonchev–Trinajstić information content (AvgIpc) is 2.85. The summed E-state index contributed by atoms with van der Waals surface area (Å²) in [5.74, 6) is -0.523. The van der Waals surface area contributed by atoms with Gasteiger partial charge in [0.25, 0.3) is 0 Å². The summed E-state index contributed by atoms with van der Waals surface area (Å²) in [6.45, 7) is 35.7. The predicted octanol–water partition coefficient (Wildman–Crippen LogP) is 7.29. The van der Waals surface area contributed by atoms with Crippen molar-refractivity contribution in [3.05, 3.63) is 24.3 Å². The van der Waals surface area contributed by atoms with Gasteiger partial charge in [0.05, 0.1) is 19.3 Å². The first-order valence-corrected chi connectivity index (χ1v) is 32.2. The maximum atomic E-state index is 12.3. The van der Waals surface area contributed by atoms with Gasteiger partial charge in [0.1, 0.15) is 12.7 Å². The SMILES string of the molecule is C=C(C)C(=O)CCC(O)COCCC[Si](C)(OC(COCCC[Si](C)(O[Si](C)(C)C)O[Si](C)(C)C)COC(=O)C(=C)C)O[Si](C)(C)C. The van der Waals surface area contributed by atoms with Crippen LogP contribution < -0.4 is 0 Å². The number of carbonyl (C=O) groups excluding carboxylic acids is 2. The Bertz CT molecular complexity index is 974. The molecule has 0 rings (SSSR count). The van der Waals surface area contributed by atoms with Crippen LogP contribution in [0.25, 0.3) is 0 Å². The second-order valence-electron chi connectivity index (χ2n) is 15.8. The number of esters is 1. The Morgan fingerprint density at radius 1 is 0.660 bits per heavy atom. The topological polar surface area (TPSA) is 119 Å². The van der Waals surface area contributed by atoms with Crippen LogP contribution in [-0.2, 0) is 40.6 Å². The molecule has 47 heavy (non-hydrogen) atoms. The van der Waals surface area contributed by atoms with Crippen molar-refractivity contribution >= 4 is 53.8 Å². The molecule has 0 spiro atoms. The first-order chi connectivity index (χ1) is 21.2. The zero-order valence-corrected chi connectivity index (χ0v) is 37.0. The number of Topliss-reactive ketones (excluding diaryl/α,β-unsaturated/α-hetero) is 1. The summed E-state index contributed by atoms with van der Waals surface area (Å²) in [6.07, 6.45) is 0.817. The van der Waals surface area contributed by atoms with Crippen LogP contribution in [-0.4, -0.2) is 104 Å². The molecular formula is C32H68O10Si5. The number of ether oxygens (including phenoxy) is 3. The number of hydrogen-bond donors (Lipinski definition) is 1. The molecule has 0 saturated carbocycles. The molecule has 15 heteroatoms. The number of aliphatic hydroxyl groups is 1. The van der Waals surface area contributed by atoms with E-state index in [1.807, 2.05) is 6.55 Å². The fourth-order valence-electron chi connectivity index (χ4n) is 4.98. The van der Waals surface area contributed by atoms with E-state index in [4.69, 9.17) is 31.0 Å². The lowest BCUT2D eigenvalue weighted by Crippen LogP contribution is -2.52. The molecule has 0 amide bonds. The summed E-state index contributed by atoms with van der Waals surface area (Å²) in [4.78, 5) is 24.0. The molecule has 0 heterocycles. The van der Waals surface area contributed by atoms with Crippen molar-refractivity contribution in [3.63, 3.8) is 0 Å². The molecule has 0 aliphatic carbocycles. The smallest absolute Gasteiger partial charge is 0.333 e. The third-order valence-electron chi connectivity index (χ3n) is 6.36. The standard InChI is InChI=1S/C32H68O10Si5/c1-27(2)31(34)19-18-29(33)24-36-20-16-22-46(14,40-43(5,6)7)39-30(26-38-32(35)28(3)4)25-37-21-17-23-47(15,41-44(8,9)10)42-45(11,12)13/h29-30,33H,1,3,16-26H2,2,4-15H3. The van der Waals surface area contributed by atoms with Gasteiger partial charge in [-0.25, -0.2) is 4.79 Å². The lowest BCUT2D eigenvalue weighted by atomic mass is 10.1. The quantitative estimate of drug-likeness (QED) is 0.0397. The molecule has 10 nitrogen and oxygen atoms in total. The second-order valence-corrected chi connectivity index (χ2v) is 36.7. The monoisotopic (exact) mass is 752 g/mol. The van der Waals surface area contributed by atoms with E-state index in [0.29, 0.717) is 43.2 Å². The minimum Gasteiger partial charge on any atom is -0.460 e.